The number of morpholine rings is 1. The second-order valence-electron chi connectivity index (χ2n) is 10.2. The molecule has 0 saturated carbocycles. The first kappa shape index (κ1) is 28.7. The van der Waals surface area contributed by atoms with Gasteiger partial charge in [-0.05, 0) is 60.0 Å². The first-order valence-electron chi connectivity index (χ1n) is 13.6. The molecular formula is C32H35ClN2O4S. The van der Waals surface area contributed by atoms with Gasteiger partial charge in [-0.3, -0.25) is 4.79 Å². The Labute approximate surface area is 244 Å². The summed E-state index contributed by atoms with van der Waals surface area (Å²) in [6.45, 7) is 2.06. The first-order chi connectivity index (χ1) is 19.5. The summed E-state index contributed by atoms with van der Waals surface area (Å²) >= 11 is 8.55. The highest BCUT2D eigenvalue weighted by molar-refractivity contribution is 7.17. The van der Waals surface area contributed by atoms with E-state index in [1.165, 1.54) is 0 Å². The van der Waals surface area contributed by atoms with E-state index in [4.69, 9.17) is 26.8 Å². The molecule has 4 aromatic rings. The van der Waals surface area contributed by atoms with Gasteiger partial charge in [0, 0.05) is 58.6 Å². The lowest BCUT2D eigenvalue weighted by molar-refractivity contribution is -0.146. The van der Waals surface area contributed by atoms with Crippen molar-refractivity contribution in [3.8, 4) is 11.1 Å². The Bertz CT molecular complexity index is 1460. The number of fused-ring (bicyclic) bond motifs is 1. The Kier molecular flexibility index (Phi) is 9.20. The number of aliphatic hydroxyl groups is 1. The van der Waals surface area contributed by atoms with Gasteiger partial charge in [0.1, 0.15) is 11.7 Å². The van der Waals surface area contributed by atoms with Gasteiger partial charge in [0.25, 0.3) is 5.91 Å². The number of hydrogen-bond donors (Lipinski definition) is 2. The fraction of sp³-hybridized carbons (Fsp3) is 0.344. The van der Waals surface area contributed by atoms with Crippen LogP contribution in [0.3, 0.4) is 0 Å². The van der Waals surface area contributed by atoms with Gasteiger partial charge in [-0.2, -0.15) is 0 Å². The lowest BCUT2D eigenvalue weighted by Crippen LogP contribution is -2.54. The largest absolute Gasteiger partial charge is 0.385 e. The third kappa shape index (κ3) is 5.81. The van der Waals surface area contributed by atoms with Crippen molar-refractivity contribution < 1.29 is 19.4 Å². The molecule has 1 aliphatic rings. The molecule has 8 heteroatoms. The molecule has 0 radical (unpaired) electrons. The molecule has 210 valence electrons. The third-order valence-electron chi connectivity index (χ3n) is 7.71. The Morgan fingerprint density at radius 2 is 1.95 bits per heavy atom. The number of nitrogens with two attached hydrogens (primary N) is 1. The summed E-state index contributed by atoms with van der Waals surface area (Å²) in [5.41, 5.74) is 8.41. The second-order valence-corrected chi connectivity index (χ2v) is 11.5. The highest BCUT2D eigenvalue weighted by Crippen LogP contribution is 2.46. The third-order valence-corrected chi connectivity index (χ3v) is 8.99. The Hall–Kier alpha value is -2.78. The highest BCUT2D eigenvalue weighted by Gasteiger charge is 2.44. The number of amides is 1. The van der Waals surface area contributed by atoms with Gasteiger partial charge < -0.3 is 25.2 Å². The van der Waals surface area contributed by atoms with E-state index in [1.54, 1.807) is 23.3 Å². The van der Waals surface area contributed by atoms with Crippen molar-refractivity contribution in [3.05, 3.63) is 93.8 Å². The van der Waals surface area contributed by atoms with Gasteiger partial charge in [-0.25, -0.2) is 0 Å². The van der Waals surface area contributed by atoms with E-state index in [2.05, 4.69) is 17.5 Å². The van der Waals surface area contributed by atoms with E-state index < -0.39 is 11.7 Å². The zero-order valence-electron chi connectivity index (χ0n) is 22.6. The molecule has 1 unspecified atom stereocenters. The molecule has 0 aliphatic carbocycles. The number of carbonyl (C=O) groups is 1. The van der Waals surface area contributed by atoms with Gasteiger partial charge in [0.15, 0.2) is 0 Å². The van der Waals surface area contributed by atoms with Crippen molar-refractivity contribution in [2.24, 2.45) is 5.73 Å². The van der Waals surface area contributed by atoms with Crippen LogP contribution in [0.1, 0.15) is 40.7 Å². The van der Waals surface area contributed by atoms with Crippen LogP contribution in [-0.4, -0.2) is 55.4 Å². The fourth-order valence-corrected chi connectivity index (χ4v) is 6.76. The standard InChI is InChI=1S/C32H35ClN2O4S/c1-38-17-5-4-15-32(37,29-20-35(16-18-39-29)31(36)23-13-11-22(19-34)12-14-23)26-8-6-9-27(33)30(26)25-21-40-28-10-3-2-7-24(25)28/h2-3,6-14,21,29,37H,4-5,15-20,34H2,1H3/t29-,32?/m1/s1. The van der Waals surface area contributed by atoms with Crippen LogP contribution in [-0.2, 0) is 21.6 Å². The molecule has 0 spiro atoms. The number of hydrogen-bond acceptors (Lipinski definition) is 6. The molecule has 1 saturated heterocycles. The summed E-state index contributed by atoms with van der Waals surface area (Å²) in [7, 11) is 1.68. The van der Waals surface area contributed by atoms with Gasteiger partial charge in [-0.15, -0.1) is 11.3 Å². The quantitative estimate of drug-likeness (QED) is 0.218. The zero-order valence-corrected chi connectivity index (χ0v) is 24.2. The van der Waals surface area contributed by atoms with Crippen LogP contribution in [0.15, 0.2) is 72.1 Å². The average Bonchev–Trinajstić information content (AvgIpc) is 3.42. The van der Waals surface area contributed by atoms with Crippen LogP contribution in [0.25, 0.3) is 21.2 Å². The number of ether oxygens (including phenoxy) is 2. The summed E-state index contributed by atoms with van der Waals surface area (Å²) in [5, 5.41) is 16.4. The monoisotopic (exact) mass is 578 g/mol. The molecule has 1 aliphatic heterocycles. The van der Waals surface area contributed by atoms with Gasteiger partial charge >= 0.3 is 0 Å². The molecule has 2 atom stereocenters. The Morgan fingerprint density at radius 3 is 2.73 bits per heavy atom. The summed E-state index contributed by atoms with van der Waals surface area (Å²) in [4.78, 5) is 15.3. The summed E-state index contributed by atoms with van der Waals surface area (Å²) in [5.74, 6) is -0.0891. The molecule has 5 rings (SSSR count). The summed E-state index contributed by atoms with van der Waals surface area (Å²) < 4.78 is 12.7. The zero-order chi connectivity index (χ0) is 28.1. The van der Waals surface area contributed by atoms with E-state index >= 15 is 0 Å². The first-order valence-corrected chi connectivity index (χ1v) is 14.9. The molecule has 3 aromatic carbocycles. The van der Waals surface area contributed by atoms with Crippen molar-refractivity contribution in [1.82, 2.24) is 4.90 Å². The van der Waals surface area contributed by atoms with Gasteiger partial charge in [-0.1, -0.05) is 54.1 Å². The highest BCUT2D eigenvalue weighted by atomic mass is 35.5. The maximum absolute atomic E-state index is 13.5. The average molecular weight is 579 g/mol. The predicted octanol–water partition coefficient (Wildman–Crippen LogP) is 6.23. The number of carbonyl (C=O) groups excluding carboxylic acids is 1. The molecule has 6 nitrogen and oxygen atoms in total. The minimum absolute atomic E-state index is 0.0891. The number of halogens is 1. The number of thiophene rings is 1. The number of rotatable bonds is 10. The lowest BCUT2D eigenvalue weighted by Gasteiger charge is -2.43. The van der Waals surface area contributed by atoms with Gasteiger partial charge in [0.05, 0.1) is 13.2 Å². The summed E-state index contributed by atoms with van der Waals surface area (Å²) in [6.07, 6.45) is 1.30. The fourth-order valence-electron chi connectivity index (χ4n) is 5.53. The maximum atomic E-state index is 13.5. The molecule has 0 bridgehead atoms. The van der Waals surface area contributed by atoms with E-state index in [0.29, 0.717) is 48.9 Å². The van der Waals surface area contributed by atoms with Crippen LogP contribution in [0.2, 0.25) is 5.02 Å². The Morgan fingerprint density at radius 1 is 1.15 bits per heavy atom. The van der Waals surface area contributed by atoms with Crippen molar-refractivity contribution >= 4 is 38.9 Å². The van der Waals surface area contributed by atoms with Crippen LogP contribution < -0.4 is 5.73 Å². The lowest BCUT2D eigenvalue weighted by atomic mass is 9.79. The maximum Gasteiger partial charge on any atom is 0.254 e. The number of nitrogens with zero attached hydrogens (tertiary/aromatic N) is 1. The van der Waals surface area contributed by atoms with E-state index in [-0.39, 0.29) is 12.5 Å². The van der Waals surface area contributed by atoms with Crippen molar-refractivity contribution in [1.29, 1.82) is 0 Å². The molecule has 1 amide bonds. The number of unbranched alkanes of at least 4 members (excludes halogenated alkanes) is 1. The van der Waals surface area contributed by atoms with E-state index in [9.17, 15) is 9.90 Å². The second kappa shape index (κ2) is 12.8. The van der Waals surface area contributed by atoms with Crippen LogP contribution in [0, 0.1) is 0 Å². The summed E-state index contributed by atoms with van der Waals surface area (Å²) in [6, 6.07) is 21.3. The SMILES string of the molecule is COCCCCC(O)(c1cccc(Cl)c1-c1csc2ccccc12)[C@H]1CN(C(=O)c2ccc(CN)cc2)CCO1. The topological polar surface area (TPSA) is 85.0 Å². The van der Waals surface area contributed by atoms with E-state index in [1.807, 2.05) is 54.6 Å². The minimum atomic E-state index is -1.39. The Balaban J connectivity index is 1.53. The molecule has 3 N–H and O–H groups in total. The number of benzene rings is 3. The minimum Gasteiger partial charge on any atom is -0.385 e. The molecule has 1 aromatic heterocycles. The van der Waals surface area contributed by atoms with Crippen LogP contribution in [0.4, 0.5) is 0 Å². The van der Waals surface area contributed by atoms with Crippen molar-refractivity contribution in [2.75, 3.05) is 33.4 Å². The van der Waals surface area contributed by atoms with Crippen LogP contribution in [0.5, 0.6) is 0 Å². The number of methoxy groups -OCH3 is 1. The predicted molar refractivity (Wildman–Crippen MR) is 162 cm³/mol. The molecule has 40 heavy (non-hydrogen) atoms. The molecule has 2 heterocycles. The van der Waals surface area contributed by atoms with Crippen molar-refractivity contribution in [2.45, 2.75) is 37.5 Å². The van der Waals surface area contributed by atoms with Gasteiger partial charge in [0.2, 0.25) is 0 Å². The molecule has 1 fully saturated rings. The smallest absolute Gasteiger partial charge is 0.254 e. The van der Waals surface area contributed by atoms with Crippen molar-refractivity contribution in [3.63, 3.8) is 0 Å². The molecular weight excluding hydrogens is 544 g/mol. The normalized spacial score (nSPS) is 17.2. The van der Waals surface area contributed by atoms with Crippen LogP contribution >= 0.6 is 22.9 Å². The van der Waals surface area contributed by atoms with E-state index in [0.717, 1.165) is 39.6 Å².